The van der Waals surface area contributed by atoms with Gasteiger partial charge in [-0.25, -0.2) is 35.9 Å². The summed E-state index contributed by atoms with van der Waals surface area (Å²) in [6.07, 6.45) is 0. The SMILES string of the molecule is O=C(Oc1c2ccccc2c(OC(=O)c2ccc(F)c(F)c2)c2cc(F)c(F)cc12)c1ccc(F)c(F)c1. The molecule has 0 saturated heterocycles. The van der Waals surface area contributed by atoms with Crippen molar-refractivity contribution in [3.8, 4) is 11.5 Å². The van der Waals surface area contributed by atoms with Gasteiger partial charge in [-0.3, -0.25) is 0 Å². The van der Waals surface area contributed by atoms with E-state index in [-0.39, 0.29) is 44.2 Å². The maximum atomic E-state index is 14.3. The molecule has 0 aliphatic carbocycles. The second-order valence-electron chi connectivity index (χ2n) is 8.05. The molecule has 0 N–H and O–H groups in total. The van der Waals surface area contributed by atoms with Crippen LogP contribution in [0.15, 0.2) is 72.8 Å². The zero-order chi connectivity index (χ0) is 27.1. The largest absolute Gasteiger partial charge is 0.422 e. The smallest absolute Gasteiger partial charge is 0.343 e. The molecule has 0 aliphatic heterocycles. The Kier molecular flexibility index (Phi) is 6.23. The summed E-state index contributed by atoms with van der Waals surface area (Å²) < 4.78 is 93.5. The average Bonchev–Trinajstić information content (AvgIpc) is 2.90. The highest BCUT2D eigenvalue weighted by molar-refractivity contribution is 6.13. The number of fused-ring (bicyclic) bond motifs is 2. The highest BCUT2D eigenvalue weighted by atomic mass is 19.2. The molecular weight excluding hydrogens is 514 g/mol. The van der Waals surface area contributed by atoms with Gasteiger partial charge in [0.15, 0.2) is 34.9 Å². The van der Waals surface area contributed by atoms with E-state index in [0.29, 0.717) is 24.3 Å². The molecular formula is C28H12F6O4. The van der Waals surface area contributed by atoms with E-state index < -0.39 is 46.8 Å². The Morgan fingerprint density at radius 2 is 0.816 bits per heavy atom. The van der Waals surface area contributed by atoms with Crippen molar-refractivity contribution in [3.63, 3.8) is 0 Å². The Hall–Kier alpha value is -4.86. The predicted octanol–water partition coefficient (Wildman–Crippen LogP) is 7.27. The van der Waals surface area contributed by atoms with Gasteiger partial charge in [-0.1, -0.05) is 24.3 Å². The van der Waals surface area contributed by atoms with Crippen LogP contribution in [0.1, 0.15) is 20.7 Å². The first kappa shape index (κ1) is 24.8. The minimum atomic E-state index is -1.32. The van der Waals surface area contributed by atoms with Crippen LogP contribution in [0, 0.1) is 34.9 Å². The minimum absolute atomic E-state index is 0.107. The lowest BCUT2D eigenvalue weighted by Crippen LogP contribution is -2.12. The van der Waals surface area contributed by atoms with E-state index in [0.717, 1.165) is 24.3 Å². The van der Waals surface area contributed by atoms with Crippen LogP contribution >= 0.6 is 0 Å². The number of hydrogen-bond acceptors (Lipinski definition) is 4. The number of carbonyl (C=O) groups excluding carboxylic acids is 2. The van der Waals surface area contributed by atoms with Crippen molar-refractivity contribution >= 4 is 33.5 Å². The number of hydrogen-bond donors (Lipinski definition) is 0. The molecule has 5 rings (SSSR count). The van der Waals surface area contributed by atoms with Crippen LogP contribution in [0.5, 0.6) is 11.5 Å². The average molecular weight is 526 g/mol. The van der Waals surface area contributed by atoms with Gasteiger partial charge in [0, 0.05) is 21.5 Å². The second-order valence-corrected chi connectivity index (χ2v) is 8.05. The summed E-state index contributed by atoms with van der Waals surface area (Å²) in [5.41, 5.74) is -0.727. The maximum absolute atomic E-state index is 14.3. The van der Waals surface area contributed by atoms with E-state index in [9.17, 15) is 35.9 Å². The third-order valence-corrected chi connectivity index (χ3v) is 5.67. The van der Waals surface area contributed by atoms with Gasteiger partial charge in [0.05, 0.1) is 11.1 Å². The van der Waals surface area contributed by atoms with E-state index in [4.69, 9.17) is 9.47 Å². The second kappa shape index (κ2) is 9.55. The molecule has 5 aromatic rings. The third-order valence-electron chi connectivity index (χ3n) is 5.67. The fraction of sp³-hybridized carbons (Fsp3) is 0. The van der Waals surface area contributed by atoms with Crippen molar-refractivity contribution < 1.29 is 45.4 Å². The van der Waals surface area contributed by atoms with Crippen LogP contribution in [-0.4, -0.2) is 11.9 Å². The Balaban J connectivity index is 1.69. The molecule has 0 bridgehead atoms. The van der Waals surface area contributed by atoms with Gasteiger partial charge >= 0.3 is 11.9 Å². The fourth-order valence-electron chi connectivity index (χ4n) is 3.86. The zero-order valence-corrected chi connectivity index (χ0v) is 18.8. The first-order valence-electron chi connectivity index (χ1n) is 10.8. The molecule has 0 aromatic heterocycles. The van der Waals surface area contributed by atoms with Crippen LogP contribution in [0.25, 0.3) is 21.5 Å². The number of halogens is 6. The monoisotopic (exact) mass is 526 g/mol. The molecule has 0 amide bonds. The summed E-state index contributed by atoms with van der Waals surface area (Å²) >= 11 is 0. The lowest BCUT2D eigenvalue weighted by atomic mass is 10.00. The summed E-state index contributed by atoms with van der Waals surface area (Å²) in [4.78, 5) is 25.6. The molecule has 5 aromatic carbocycles. The number of rotatable bonds is 4. The van der Waals surface area contributed by atoms with Gasteiger partial charge in [0.2, 0.25) is 0 Å². The van der Waals surface area contributed by atoms with Gasteiger partial charge in [-0.05, 0) is 48.5 Å². The normalized spacial score (nSPS) is 11.1. The standard InChI is InChI=1S/C28H12F6O4/c29-19-7-5-13(9-21(19)31)27(35)37-25-15-3-1-2-4-16(15)26(18-12-24(34)23(33)11-17(18)25)38-28(36)14-6-8-20(30)22(32)10-14/h1-12H. The van der Waals surface area contributed by atoms with E-state index in [1.165, 1.54) is 24.3 Å². The van der Waals surface area contributed by atoms with Crippen molar-refractivity contribution in [2.45, 2.75) is 0 Å². The molecule has 0 heterocycles. The number of benzene rings is 5. The van der Waals surface area contributed by atoms with Crippen molar-refractivity contribution in [3.05, 3.63) is 119 Å². The molecule has 4 nitrogen and oxygen atoms in total. The highest BCUT2D eigenvalue weighted by Crippen LogP contribution is 2.44. The summed E-state index contributed by atoms with van der Waals surface area (Å²) in [5, 5.41) is -0.191. The van der Waals surface area contributed by atoms with Gasteiger partial charge in [0.25, 0.3) is 0 Å². The zero-order valence-electron chi connectivity index (χ0n) is 18.8. The summed E-state index contributed by atoms with van der Waals surface area (Å²) in [6.45, 7) is 0. The summed E-state index contributed by atoms with van der Waals surface area (Å²) in [7, 11) is 0. The first-order valence-corrected chi connectivity index (χ1v) is 10.8. The highest BCUT2D eigenvalue weighted by Gasteiger charge is 2.24. The minimum Gasteiger partial charge on any atom is -0.422 e. The maximum Gasteiger partial charge on any atom is 0.343 e. The topological polar surface area (TPSA) is 52.6 Å². The number of ether oxygens (including phenoxy) is 2. The van der Waals surface area contributed by atoms with Crippen LogP contribution < -0.4 is 9.47 Å². The third kappa shape index (κ3) is 4.40. The first-order chi connectivity index (χ1) is 18.1. The van der Waals surface area contributed by atoms with E-state index in [2.05, 4.69) is 0 Å². The summed E-state index contributed by atoms with van der Waals surface area (Å²) in [6, 6.07) is 11.9. The van der Waals surface area contributed by atoms with Crippen LogP contribution in [-0.2, 0) is 0 Å². The summed E-state index contributed by atoms with van der Waals surface area (Å²) in [5.74, 6) is -10.5. The molecule has 38 heavy (non-hydrogen) atoms. The number of esters is 2. The van der Waals surface area contributed by atoms with Gasteiger partial charge in [-0.2, -0.15) is 0 Å². The lowest BCUT2D eigenvalue weighted by molar-refractivity contribution is 0.0726. The van der Waals surface area contributed by atoms with Crippen LogP contribution in [0.4, 0.5) is 26.3 Å². The Morgan fingerprint density at radius 1 is 0.447 bits per heavy atom. The molecule has 0 saturated carbocycles. The van der Waals surface area contributed by atoms with Crippen molar-refractivity contribution in [1.82, 2.24) is 0 Å². The molecule has 0 fully saturated rings. The molecule has 190 valence electrons. The van der Waals surface area contributed by atoms with E-state index >= 15 is 0 Å². The number of carbonyl (C=O) groups is 2. The lowest BCUT2D eigenvalue weighted by Gasteiger charge is -2.17. The van der Waals surface area contributed by atoms with Crippen molar-refractivity contribution in [2.24, 2.45) is 0 Å². The van der Waals surface area contributed by atoms with Crippen LogP contribution in [0.3, 0.4) is 0 Å². The molecule has 0 aliphatic rings. The quantitative estimate of drug-likeness (QED) is 0.107. The molecule has 0 radical (unpaired) electrons. The fourth-order valence-corrected chi connectivity index (χ4v) is 3.86. The van der Waals surface area contributed by atoms with E-state index in [1.54, 1.807) is 0 Å². The molecule has 0 unspecified atom stereocenters. The Bertz CT molecular complexity index is 1650. The van der Waals surface area contributed by atoms with Crippen molar-refractivity contribution in [1.29, 1.82) is 0 Å². The molecule has 10 heteroatoms. The van der Waals surface area contributed by atoms with Crippen molar-refractivity contribution in [2.75, 3.05) is 0 Å². The van der Waals surface area contributed by atoms with Crippen LogP contribution in [0.2, 0.25) is 0 Å². The van der Waals surface area contributed by atoms with Gasteiger partial charge in [0.1, 0.15) is 11.5 Å². The predicted molar refractivity (Wildman–Crippen MR) is 124 cm³/mol. The van der Waals surface area contributed by atoms with Gasteiger partial charge < -0.3 is 9.47 Å². The Labute approximate surface area is 209 Å². The van der Waals surface area contributed by atoms with E-state index in [1.807, 2.05) is 0 Å². The van der Waals surface area contributed by atoms with Gasteiger partial charge in [-0.15, -0.1) is 0 Å². The molecule has 0 spiro atoms. The Morgan fingerprint density at radius 3 is 1.18 bits per heavy atom. The molecule has 0 atom stereocenters.